The van der Waals surface area contributed by atoms with Gasteiger partial charge in [-0.3, -0.25) is 0 Å². The van der Waals surface area contributed by atoms with Gasteiger partial charge in [0.15, 0.2) is 0 Å². The van der Waals surface area contributed by atoms with E-state index in [4.69, 9.17) is 6.42 Å². The highest BCUT2D eigenvalue weighted by Crippen LogP contribution is 2.12. The van der Waals surface area contributed by atoms with Crippen LogP contribution < -0.4 is 5.32 Å². The molecule has 1 nitrogen and oxygen atoms in total. The summed E-state index contributed by atoms with van der Waals surface area (Å²) in [6.45, 7) is 4.74. The highest BCUT2D eigenvalue weighted by atomic mass is 14.8. The highest BCUT2D eigenvalue weighted by molar-refractivity contribution is 5.48. The van der Waals surface area contributed by atoms with Crippen molar-refractivity contribution in [1.82, 2.24) is 0 Å². The molecule has 12 heavy (non-hydrogen) atoms. The summed E-state index contributed by atoms with van der Waals surface area (Å²) in [6, 6.07) is 6.32. The lowest BCUT2D eigenvalue weighted by molar-refractivity contribution is 1.32. The normalized spacial score (nSPS) is 9.08. The van der Waals surface area contributed by atoms with E-state index in [1.165, 1.54) is 11.1 Å². The van der Waals surface area contributed by atoms with Crippen molar-refractivity contribution in [2.45, 2.75) is 13.8 Å². The van der Waals surface area contributed by atoms with E-state index in [-0.39, 0.29) is 0 Å². The molecule has 0 spiro atoms. The molecule has 0 aromatic heterocycles. The number of hydrogen-bond donors (Lipinski definition) is 1. The molecule has 1 N–H and O–H groups in total. The second-order valence-electron chi connectivity index (χ2n) is 2.93. The van der Waals surface area contributed by atoms with Crippen molar-refractivity contribution in [3.63, 3.8) is 0 Å². The minimum atomic E-state index is 0.586. The zero-order valence-electron chi connectivity index (χ0n) is 7.52. The van der Waals surface area contributed by atoms with E-state index in [2.05, 4.69) is 43.3 Å². The topological polar surface area (TPSA) is 12.0 Å². The first-order valence-corrected chi connectivity index (χ1v) is 3.98. The molecule has 0 saturated heterocycles. The summed E-state index contributed by atoms with van der Waals surface area (Å²) in [4.78, 5) is 0. The highest BCUT2D eigenvalue weighted by Gasteiger charge is 1.92. The minimum absolute atomic E-state index is 0.586. The van der Waals surface area contributed by atoms with Crippen molar-refractivity contribution in [3.8, 4) is 12.3 Å². The Kier molecular flexibility index (Phi) is 2.76. The first-order valence-electron chi connectivity index (χ1n) is 3.98. The van der Waals surface area contributed by atoms with Gasteiger partial charge in [-0.25, -0.2) is 0 Å². The van der Waals surface area contributed by atoms with Gasteiger partial charge in [0.05, 0.1) is 6.54 Å². The Balaban J connectivity index is 2.80. The summed E-state index contributed by atoms with van der Waals surface area (Å²) in [5.74, 6) is 2.54. The van der Waals surface area contributed by atoms with Gasteiger partial charge < -0.3 is 5.32 Å². The Labute approximate surface area is 73.8 Å². The van der Waals surface area contributed by atoms with Crippen molar-refractivity contribution in [2.24, 2.45) is 0 Å². The summed E-state index contributed by atoms with van der Waals surface area (Å²) in [5.41, 5.74) is 3.62. The van der Waals surface area contributed by atoms with Crippen LogP contribution in [0, 0.1) is 26.2 Å². The summed E-state index contributed by atoms with van der Waals surface area (Å²) in [6.07, 6.45) is 5.14. The number of nitrogens with one attached hydrogen (secondary N) is 1. The van der Waals surface area contributed by atoms with Crippen molar-refractivity contribution >= 4 is 5.69 Å². The predicted octanol–water partition coefficient (Wildman–Crippen LogP) is 2.35. The maximum atomic E-state index is 5.14. The average molecular weight is 159 g/mol. The van der Waals surface area contributed by atoms with Crippen LogP contribution in [0.5, 0.6) is 0 Å². The van der Waals surface area contributed by atoms with Gasteiger partial charge in [-0.15, -0.1) is 6.42 Å². The monoisotopic (exact) mass is 159 g/mol. The Morgan fingerprint density at radius 2 is 1.83 bits per heavy atom. The van der Waals surface area contributed by atoms with Gasteiger partial charge in [0.1, 0.15) is 0 Å². The predicted molar refractivity (Wildman–Crippen MR) is 53.2 cm³/mol. The molecule has 1 heteroatoms. The zero-order chi connectivity index (χ0) is 8.97. The van der Waals surface area contributed by atoms with Crippen LogP contribution in [0.3, 0.4) is 0 Å². The molecule has 0 aliphatic carbocycles. The van der Waals surface area contributed by atoms with Crippen LogP contribution in [-0.2, 0) is 0 Å². The van der Waals surface area contributed by atoms with Crippen molar-refractivity contribution in [2.75, 3.05) is 11.9 Å². The molecular formula is C11H13N. The molecule has 0 aliphatic rings. The third-order valence-electron chi connectivity index (χ3n) is 1.62. The Hall–Kier alpha value is -1.42. The van der Waals surface area contributed by atoms with E-state index < -0.39 is 0 Å². The van der Waals surface area contributed by atoms with Gasteiger partial charge in [0.2, 0.25) is 0 Å². The fourth-order valence-electron chi connectivity index (χ4n) is 1.23. The van der Waals surface area contributed by atoms with Gasteiger partial charge >= 0.3 is 0 Å². The lowest BCUT2D eigenvalue weighted by Gasteiger charge is -2.04. The molecule has 0 fully saturated rings. The fourth-order valence-corrected chi connectivity index (χ4v) is 1.23. The smallest absolute Gasteiger partial charge is 0.0763 e. The molecule has 1 aromatic carbocycles. The summed E-state index contributed by atoms with van der Waals surface area (Å²) >= 11 is 0. The maximum absolute atomic E-state index is 5.14. The van der Waals surface area contributed by atoms with Gasteiger partial charge in [0.25, 0.3) is 0 Å². The van der Waals surface area contributed by atoms with Crippen LogP contribution in [-0.4, -0.2) is 6.54 Å². The van der Waals surface area contributed by atoms with E-state index in [9.17, 15) is 0 Å². The third kappa shape index (κ3) is 2.32. The number of rotatable bonds is 2. The number of anilines is 1. The fraction of sp³-hybridized carbons (Fsp3) is 0.273. The van der Waals surface area contributed by atoms with E-state index in [1.54, 1.807) is 0 Å². The van der Waals surface area contributed by atoms with Gasteiger partial charge in [-0.05, 0) is 37.1 Å². The average Bonchev–Trinajstić information content (AvgIpc) is 1.99. The second-order valence-corrected chi connectivity index (χ2v) is 2.93. The summed E-state index contributed by atoms with van der Waals surface area (Å²) < 4.78 is 0. The van der Waals surface area contributed by atoms with Crippen LogP contribution in [0.2, 0.25) is 0 Å². The molecular weight excluding hydrogens is 146 g/mol. The van der Waals surface area contributed by atoms with Crippen LogP contribution >= 0.6 is 0 Å². The Morgan fingerprint density at radius 3 is 2.33 bits per heavy atom. The first-order chi connectivity index (χ1) is 5.72. The standard InChI is InChI=1S/C11H13N/c1-4-5-12-11-7-9(2)6-10(3)8-11/h1,6-8,12H,5H2,2-3H3. The molecule has 0 atom stereocenters. The molecule has 0 unspecified atom stereocenters. The SMILES string of the molecule is C#CCNc1cc(C)cc(C)c1. The largest absolute Gasteiger partial charge is 0.374 e. The van der Waals surface area contributed by atoms with Crippen LogP contribution in [0.1, 0.15) is 11.1 Å². The maximum Gasteiger partial charge on any atom is 0.0763 e. The number of aryl methyl sites for hydroxylation is 2. The number of hydrogen-bond acceptors (Lipinski definition) is 1. The van der Waals surface area contributed by atoms with Crippen molar-refractivity contribution in [3.05, 3.63) is 29.3 Å². The Morgan fingerprint density at radius 1 is 1.25 bits per heavy atom. The molecule has 0 radical (unpaired) electrons. The van der Waals surface area contributed by atoms with Crippen LogP contribution in [0.25, 0.3) is 0 Å². The number of benzene rings is 1. The third-order valence-corrected chi connectivity index (χ3v) is 1.62. The molecule has 62 valence electrons. The van der Waals surface area contributed by atoms with Crippen molar-refractivity contribution < 1.29 is 0 Å². The molecule has 0 aliphatic heterocycles. The van der Waals surface area contributed by atoms with Crippen LogP contribution in [0.15, 0.2) is 18.2 Å². The Bertz CT molecular complexity index is 287. The molecule has 1 rings (SSSR count). The van der Waals surface area contributed by atoms with E-state index >= 15 is 0 Å². The molecule has 0 amide bonds. The summed E-state index contributed by atoms with van der Waals surface area (Å²) in [5, 5.41) is 3.14. The first kappa shape index (κ1) is 8.67. The molecule has 0 heterocycles. The van der Waals surface area contributed by atoms with E-state index in [0.29, 0.717) is 6.54 Å². The van der Waals surface area contributed by atoms with E-state index in [1.807, 2.05) is 0 Å². The lowest BCUT2D eigenvalue weighted by Crippen LogP contribution is -1.98. The zero-order valence-corrected chi connectivity index (χ0v) is 7.52. The van der Waals surface area contributed by atoms with Gasteiger partial charge in [-0.2, -0.15) is 0 Å². The molecule has 1 aromatic rings. The van der Waals surface area contributed by atoms with E-state index in [0.717, 1.165) is 5.69 Å². The lowest BCUT2D eigenvalue weighted by atomic mass is 10.1. The minimum Gasteiger partial charge on any atom is -0.374 e. The molecule has 0 bridgehead atoms. The quantitative estimate of drug-likeness (QED) is 0.653. The van der Waals surface area contributed by atoms with Gasteiger partial charge in [0, 0.05) is 5.69 Å². The number of terminal acetylenes is 1. The molecule has 0 saturated carbocycles. The summed E-state index contributed by atoms with van der Waals surface area (Å²) in [7, 11) is 0. The van der Waals surface area contributed by atoms with Gasteiger partial charge in [-0.1, -0.05) is 12.0 Å². The van der Waals surface area contributed by atoms with Crippen molar-refractivity contribution in [1.29, 1.82) is 0 Å². The second kappa shape index (κ2) is 3.82. The van der Waals surface area contributed by atoms with Crippen LogP contribution in [0.4, 0.5) is 5.69 Å².